The number of hydrogen-bond donors (Lipinski definition) is 2. The van der Waals surface area contributed by atoms with Crippen LogP contribution in [0.2, 0.25) is 0 Å². The van der Waals surface area contributed by atoms with Gasteiger partial charge in [-0.25, -0.2) is 9.78 Å². The van der Waals surface area contributed by atoms with E-state index in [1.54, 1.807) is 6.20 Å². The SMILES string of the molecule is Cc1cccnc1CNC(=O)c1cccc(C(=O)O)n1. The highest BCUT2D eigenvalue weighted by Gasteiger charge is 2.11. The van der Waals surface area contributed by atoms with Gasteiger partial charge in [0.2, 0.25) is 0 Å². The van der Waals surface area contributed by atoms with Crippen LogP contribution in [0.25, 0.3) is 0 Å². The maximum absolute atomic E-state index is 11.9. The van der Waals surface area contributed by atoms with E-state index in [-0.39, 0.29) is 17.9 Å². The van der Waals surface area contributed by atoms with Crippen LogP contribution in [0.4, 0.5) is 0 Å². The molecule has 20 heavy (non-hydrogen) atoms. The lowest BCUT2D eigenvalue weighted by atomic mass is 10.2. The molecule has 0 saturated carbocycles. The highest BCUT2D eigenvalue weighted by Crippen LogP contribution is 2.04. The van der Waals surface area contributed by atoms with Crippen molar-refractivity contribution in [2.75, 3.05) is 0 Å². The molecule has 2 heterocycles. The average Bonchev–Trinajstić information content (AvgIpc) is 2.46. The summed E-state index contributed by atoms with van der Waals surface area (Å²) in [5.74, 6) is -1.60. The second-order valence-electron chi connectivity index (χ2n) is 4.16. The van der Waals surface area contributed by atoms with Crippen molar-refractivity contribution in [3.05, 3.63) is 59.2 Å². The van der Waals surface area contributed by atoms with Gasteiger partial charge < -0.3 is 10.4 Å². The Bertz CT molecular complexity index is 656. The Kier molecular flexibility index (Phi) is 4.05. The van der Waals surface area contributed by atoms with Gasteiger partial charge in [0.05, 0.1) is 12.2 Å². The minimum absolute atomic E-state index is 0.0680. The van der Waals surface area contributed by atoms with E-state index in [0.29, 0.717) is 0 Å². The van der Waals surface area contributed by atoms with Crippen LogP contribution < -0.4 is 5.32 Å². The van der Waals surface area contributed by atoms with Crippen molar-refractivity contribution in [3.63, 3.8) is 0 Å². The zero-order valence-corrected chi connectivity index (χ0v) is 10.8. The fourth-order valence-electron chi connectivity index (χ4n) is 1.64. The molecule has 2 aromatic heterocycles. The van der Waals surface area contributed by atoms with Gasteiger partial charge in [0, 0.05) is 6.20 Å². The van der Waals surface area contributed by atoms with E-state index in [1.807, 2.05) is 19.1 Å². The third-order valence-corrected chi connectivity index (χ3v) is 2.74. The minimum atomic E-state index is -1.17. The summed E-state index contributed by atoms with van der Waals surface area (Å²) in [4.78, 5) is 30.6. The smallest absolute Gasteiger partial charge is 0.354 e. The zero-order valence-electron chi connectivity index (χ0n) is 10.8. The summed E-state index contributed by atoms with van der Waals surface area (Å²) in [5, 5.41) is 11.5. The van der Waals surface area contributed by atoms with Crippen LogP contribution in [0.5, 0.6) is 0 Å². The third kappa shape index (κ3) is 3.17. The van der Waals surface area contributed by atoms with E-state index in [0.717, 1.165) is 11.3 Å². The minimum Gasteiger partial charge on any atom is -0.477 e. The first kappa shape index (κ1) is 13.7. The molecule has 1 amide bonds. The molecule has 0 aromatic carbocycles. The third-order valence-electron chi connectivity index (χ3n) is 2.74. The summed E-state index contributed by atoms with van der Waals surface area (Å²) in [6, 6.07) is 8.00. The van der Waals surface area contributed by atoms with Crippen molar-refractivity contribution in [2.24, 2.45) is 0 Å². The van der Waals surface area contributed by atoms with Crippen molar-refractivity contribution in [2.45, 2.75) is 13.5 Å². The Hall–Kier alpha value is -2.76. The summed E-state index contributed by atoms with van der Waals surface area (Å²) >= 11 is 0. The maximum Gasteiger partial charge on any atom is 0.354 e. The van der Waals surface area contributed by atoms with E-state index in [2.05, 4.69) is 15.3 Å². The molecule has 0 aliphatic rings. The molecule has 0 aliphatic heterocycles. The van der Waals surface area contributed by atoms with Crippen LogP contribution in [0.1, 0.15) is 32.2 Å². The predicted molar refractivity (Wildman–Crippen MR) is 71.3 cm³/mol. The Balaban J connectivity index is 2.07. The Morgan fingerprint density at radius 1 is 1.20 bits per heavy atom. The van der Waals surface area contributed by atoms with Gasteiger partial charge in [0.15, 0.2) is 0 Å². The van der Waals surface area contributed by atoms with E-state index in [9.17, 15) is 9.59 Å². The second kappa shape index (κ2) is 5.92. The number of pyridine rings is 2. The number of carboxylic acids is 1. The number of aromatic nitrogens is 2. The normalized spacial score (nSPS) is 10.1. The monoisotopic (exact) mass is 271 g/mol. The lowest BCUT2D eigenvalue weighted by Crippen LogP contribution is -2.25. The molecule has 2 rings (SSSR count). The van der Waals surface area contributed by atoms with Crippen molar-refractivity contribution in [3.8, 4) is 0 Å². The molecule has 0 bridgehead atoms. The van der Waals surface area contributed by atoms with Crippen LogP contribution >= 0.6 is 0 Å². The van der Waals surface area contributed by atoms with Gasteiger partial charge in [-0.2, -0.15) is 0 Å². The molecular weight excluding hydrogens is 258 g/mol. The quantitative estimate of drug-likeness (QED) is 0.877. The number of hydrogen-bond acceptors (Lipinski definition) is 4. The van der Waals surface area contributed by atoms with Crippen molar-refractivity contribution >= 4 is 11.9 Å². The largest absolute Gasteiger partial charge is 0.477 e. The van der Waals surface area contributed by atoms with E-state index in [4.69, 9.17) is 5.11 Å². The molecule has 2 aromatic rings. The number of amides is 1. The van der Waals surface area contributed by atoms with Gasteiger partial charge in [0.1, 0.15) is 11.4 Å². The topological polar surface area (TPSA) is 92.2 Å². The highest BCUT2D eigenvalue weighted by molar-refractivity contribution is 5.94. The molecule has 0 aliphatic carbocycles. The molecule has 6 nitrogen and oxygen atoms in total. The summed E-state index contributed by atoms with van der Waals surface area (Å²) in [7, 11) is 0. The molecule has 102 valence electrons. The number of carbonyl (C=O) groups excluding carboxylic acids is 1. The molecule has 6 heteroatoms. The van der Waals surface area contributed by atoms with E-state index in [1.165, 1.54) is 18.2 Å². The number of aryl methyl sites for hydroxylation is 1. The molecular formula is C14H13N3O3. The molecule has 0 atom stereocenters. The summed E-state index contributed by atoms with van der Waals surface area (Å²) in [5.41, 5.74) is 1.64. The number of rotatable bonds is 4. The zero-order chi connectivity index (χ0) is 14.5. The van der Waals surface area contributed by atoms with E-state index < -0.39 is 11.9 Å². The van der Waals surface area contributed by atoms with Crippen molar-refractivity contribution in [1.82, 2.24) is 15.3 Å². The molecule has 0 unspecified atom stereocenters. The van der Waals surface area contributed by atoms with Crippen molar-refractivity contribution in [1.29, 1.82) is 0 Å². The predicted octanol–water partition coefficient (Wildman–Crippen LogP) is 1.41. The Morgan fingerprint density at radius 2 is 1.95 bits per heavy atom. The van der Waals surface area contributed by atoms with Gasteiger partial charge in [-0.15, -0.1) is 0 Å². The first-order valence-electron chi connectivity index (χ1n) is 5.97. The Labute approximate surface area is 115 Å². The fourth-order valence-corrected chi connectivity index (χ4v) is 1.64. The maximum atomic E-state index is 11.9. The number of carbonyl (C=O) groups is 2. The second-order valence-corrected chi connectivity index (χ2v) is 4.16. The summed E-state index contributed by atoms with van der Waals surface area (Å²) < 4.78 is 0. The van der Waals surface area contributed by atoms with Crippen LogP contribution in [-0.2, 0) is 6.54 Å². The molecule has 0 saturated heterocycles. The van der Waals surface area contributed by atoms with Gasteiger partial charge >= 0.3 is 5.97 Å². The van der Waals surface area contributed by atoms with Gasteiger partial charge in [-0.05, 0) is 30.7 Å². The molecule has 2 N–H and O–H groups in total. The van der Waals surface area contributed by atoms with Crippen LogP contribution in [-0.4, -0.2) is 27.0 Å². The first-order chi connectivity index (χ1) is 9.58. The first-order valence-corrected chi connectivity index (χ1v) is 5.97. The summed E-state index contributed by atoms with van der Waals surface area (Å²) in [6.07, 6.45) is 1.65. The van der Waals surface area contributed by atoms with Gasteiger partial charge in [0.25, 0.3) is 5.91 Å². The van der Waals surface area contributed by atoms with Gasteiger partial charge in [-0.3, -0.25) is 9.78 Å². The average molecular weight is 271 g/mol. The number of nitrogens with zero attached hydrogens (tertiary/aromatic N) is 2. The molecule has 0 spiro atoms. The van der Waals surface area contributed by atoms with Crippen LogP contribution in [0.15, 0.2) is 36.5 Å². The fraction of sp³-hybridized carbons (Fsp3) is 0.143. The van der Waals surface area contributed by atoms with Crippen LogP contribution in [0.3, 0.4) is 0 Å². The standard InChI is InChI=1S/C14H13N3O3/c1-9-4-3-7-15-12(9)8-16-13(18)10-5-2-6-11(17-10)14(19)20/h2-7H,8H2,1H3,(H,16,18)(H,19,20). The Morgan fingerprint density at radius 3 is 2.65 bits per heavy atom. The lowest BCUT2D eigenvalue weighted by Gasteiger charge is -2.06. The number of carboxylic acid groups (broad SMARTS) is 1. The molecule has 0 fully saturated rings. The van der Waals surface area contributed by atoms with Crippen molar-refractivity contribution < 1.29 is 14.7 Å². The molecule has 0 radical (unpaired) electrons. The van der Waals surface area contributed by atoms with Crippen LogP contribution in [0, 0.1) is 6.92 Å². The van der Waals surface area contributed by atoms with E-state index >= 15 is 0 Å². The van der Waals surface area contributed by atoms with Gasteiger partial charge in [-0.1, -0.05) is 12.1 Å². The highest BCUT2D eigenvalue weighted by atomic mass is 16.4. The number of nitrogens with one attached hydrogen (secondary N) is 1. The number of aromatic carboxylic acids is 1. The summed E-state index contributed by atoms with van der Waals surface area (Å²) in [6.45, 7) is 2.17. The lowest BCUT2D eigenvalue weighted by molar-refractivity contribution is 0.0690.